The van der Waals surface area contributed by atoms with E-state index in [2.05, 4.69) is 36.8 Å². The van der Waals surface area contributed by atoms with Gasteiger partial charge in [-0.15, -0.1) is 11.8 Å². The zero-order chi connectivity index (χ0) is 13.8. The molecule has 1 amide bonds. The third-order valence-corrected chi connectivity index (χ3v) is 4.64. The number of carbonyl (C=O) groups is 1. The van der Waals surface area contributed by atoms with Crippen molar-refractivity contribution in [3.63, 3.8) is 0 Å². The summed E-state index contributed by atoms with van der Waals surface area (Å²) in [5, 5.41) is 6.47. The minimum atomic E-state index is 0.133. The summed E-state index contributed by atoms with van der Waals surface area (Å²) in [6.45, 7) is 5.13. The number of carbonyl (C=O) groups excluding carboxylic acids is 1. The highest BCUT2D eigenvalue weighted by Gasteiger charge is 2.25. The minimum Gasteiger partial charge on any atom is -0.326 e. The van der Waals surface area contributed by atoms with Crippen molar-refractivity contribution in [1.29, 1.82) is 0 Å². The van der Waals surface area contributed by atoms with E-state index in [1.165, 1.54) is 4.90 Å². The number of hydrogen-bond donors (Lipinski definition) is 2. The molecule has 0 spiro atoms. The topological polar surface area (TPSA) is 41.1 Å². The number of thioether (sulfide) groups is 1. The Hall–Kier alpha value is -1.00. The van der Waals surface area contributed by atoms with Crippen LogP contribution in [0.2, 0.25) is 0 Å². The van der Waals surface area contributed by atoms with Gasteiger partial charge in [0, 0.05) is 22.5 Å². The van der Waals surface area contributed by atoms with Crippen molar-refractivity contribution in [2.75, 3.05) is 18.1 Å². The Labute approximate surface area is 119 Å². The maximum Gasteiger partial charge on any atom is 0.227 e. The molecule has 1 saturated heterocycles. The van der Waals surface area contributed by atoms with Crippen molar-refractivity contribution < 1.29 is 4.79 Å². The van der Waals surface area contributed by atoms with Crippen LogP contribution in [-0.4, -0.2) is 24.7 Å². The Morgan fingerprint density at radius 3 is 2.95 bits per heavy atom. The average Bonchev–Trinajstić information content (AvgIpc) is 2.41. The SMILES string of the molecule is CSc1cccc(NC(=O)[C@H]2CCN[C@@H](C)C2)c1C. The van der Waals surface area contributed by atoms with Gasteiger partial charge in [-0.3, -0.25) is 4.79 Å². The van der Waals surface area contributed by atoms with Crippen LogP contribution in [0.15, 0.2) is 23.1 Å². The summed E-state index contributed by atoms with van der Waals surface area (Å²) < 4.78 is 0. The number of anilines is 1. The molecule has 0 aliphatic carbocycles. The molecular weight excluding hydrogens is 256 g/mol. The van der Waals surface area contributed by atoms with Gasteiger partial charge >= 0.3 is 0 Å². The van der Waals surface area contributed by atoms with Crippen LogP contribution < -0.4 is 10.6 Å². The third kappa shape index (κ3) is 3.51. The van der Waals surface area contributed by atoms with Gasteiger partial charge in [0.1, 0.15) is 0 Å². The lowest BCUT2D eigenvalue weighted by Crippen LogP contribution is -2.40. The predicted molar refractivity (Wildman–Crippen MR) is 81.8 cm³/mol. The molecule has 19 heavy (non-hydrogen) atoms. The van der Waals surface area contributed by atoms with Gasteiger partial charge in [-0.1, -0.05) is 6.07 Å². The van der Waals surface area contributed by atoms with Crippen molar-refractivity contribution >= 4 is 23.4 Å². The normalized spacial score (nSPS) is 23.1. The van der Waals surface area contributed by atoms with Gasteiger partial charge in [0.25, 0.3) is 0 Å². The number of amides is 1. The molecule has 1 aromatic carbocycles. The quantitative estimate of drug-likeness (QED) is 0.835. The van der Waals surface area contributed by atoms with E-state index in [0.29, 0.717) is 6.04 Å². The van der Waals surface area contributed by atoms with Crippen LogP contribution in [0.1, 0.15) is 25.3 Å². The van der Waals surface area contributed by atoms with Crippen LogP contribution in [-0.2, 0) is 4.79 Å². The lowest BCUT2D eigenvalue weighted by Gasteiger charge is -2.27. The Morgan fingerprint density at radius 1 is 1.47 bits per heavy atom. The van der Waals surface area contributed by atoms with Crippen LogP contribution in [0.5, 0.6) is 0 Å². The fraction of sp³-hybridized carbons (Fsp3) is 0.533. The van der Waals surface area contributed by atoms with E-state index in [9.17, 15) is 4.79 Å². The highest BCUT2D eigenvalue weighted by molar-refractivity contribution is 7.98. The molecule has 2 rings (SSSR count). The fourth-order valence-corrected chi connectivity index (χ4v) is 3.21. The Kier molecular flexibility index (Phi) is 4.88. The van der Waals surface area contributed by atoms with Gasteiger partial charge in [0.15, 0.2) is 0 Å². The summed E-state index contributed by atoms with van der Waals surface area (Å²) >= 11 is 1.71. The van der Waals surface area contributed by atoms with Crippen LogP contribution in [0.4, 0.5) is 5.69 Å². The molecule has 0 bridgehead atoms. The van der Waals surface area contributed by atoms with Crippen LogP contribution >= 0.6 is 11.8 Å². The number of benzene rings is 1. The number of rotatable bonds is 3. The molecule has 3 nitrogen and oxygen atoms in total. The second-order valence-electron chi connectivity index (χ2n) is 5.20. The Morgan fingerprint density at radius 2 is 2.26 bits per heavy atom. The van der Waals surface area contributed by atoms with Crippen LogP contribution in [0.25, 0.3) is 0 Å². The van der Waals surface area contributed by atoms with E-state index < -0.39 is 0 Å². The first-order valence-corrected chi connectivity index (χ1v) is 8.02. The molecule has 1 aliphatic rings. The van der Waals surface area contributed by atoms with Crippen molar-refractivity contribution in [2.45, 2.75) is 37.6 Å². The van der Waals surface area contributed by atoms with E-state index in [4.69, 9.17) is 0 Å². The molecule has 1 aliphatic heterocycles. The summed E-state index contributed by atoms with van der Waals surface area (Å²) in [5.41, 5.74) is 2.10. The Balaban J connectivity index is 2.06. The second-order valence-corrected chi connectivity index (χ2v) is 6.05. The Bertz CT molecular complexity index is 461. The van der Waals surface area contributed by atoms with E-state index in [1.807, 2.05) is 12.1 Å². The largest absolute Gasteiger partial charge is 0.326 e. The van der Waals surface area contributed by atoms with Gasteiger partial charge in [0.05, 0.1) is 0 Å². The van der Waals surface area contributed by atoms with Gasteiger partial charge < -0.3 is 10.6 Å². The summed E-state index contributed by atoms with van der Waals surface area (Å²) in [7, 11) is 0. The zero-order valence-corrected chi connectivity index (χ0v) is 12.6. The van der Waals surface area contributed by atoms with E-state index in [0.717, 1.165) is 30.6 Å². The highest BCUT2D eigenvalue weighted by Crippen LogP contribution is 2.27. The maximum atomic E-state index is 12.3. The van der Waals surface area contributed by atoms with Crippen LogP contribution in [0, 0.1) is 12.8 Å². The first-order chi connectivity index (χ1) is 9.11. The summed E-state index contributed by atoms with van der Waals surface area (Å²) in [6, 6.07) is 6.50. The molecule has 0 radical (unpaired) electrons. The van der Waals surface area contributed by atoms with Gasteiger partial charge in [-0.25, -0.2) is 0 Å². The molecule has 0 aromatic heterocycles. The summed E-state index contributed by atoms with van der Waals surface area (Å²) in [6.07, 6.45) is 3.91. The van der Waals surface area contributed by atoms with E-state index in [1.54, 1.807) is 11.8 Å². The standard InChI is InChI=1S/C15H22N2OS/c1-10-9-12(7-8-16-10)15(18)17-13-5-4-6-14(19-3)11(13)2/h4-6,10,12,16H,7-9H2,1-3H3,(H,17,18)/t10-,12-/m0/s1. The fourth-order valence-electron chi connectivity index (χ4n) is 2.58. The summed E-state index contributed by atoms with van der Waals surface area (Å²) in [4.78, 5) is 13.5. The maximum absolute atomic E-state index is 12.3. The van der Waals surface area contributed by atoms with Crippen molar-refractivity contribution in [1.82, 2.24) is 5.32 Å². The molecule has 1 fully saturated rings. The smallest absolute Gasteiger partial charge is 0.227 e. The molecule has 4 heteroatoms. The average molecular weight is 278 g/mol. The lowest BCUT2D eigenvalue weighted by molar-refractivity contribution is -0.120. The predicted octanol–water partition coefficient (Wildman–Crippen LogP) is 3.04. The molecular formula is C15H22N2OS. The van der Waals surface area contributed by atoms with Gasteiger partial charge in [-0.2, -0.15) is 0 Å². The lowest BCUT2D eigenvalue weighted by atomic mass is 9.92. The zero-order valence-electron chi connectivity index (χ0n) is 11.8. The van der Waals surface area contributed by atoms with Gasteiger partial charge in [0.2, 0.25) is 5.91 Å². The molecule has 2 N–H and O–H groups in total. The number of piperidine rings is 1. The highest BCUT2D eigenvalue weighted by atomic mass is 32.2. The molecule has 0 saturated carbocycles. The molecule has 1 heterocycles. The number of hydrogen-bond acceptors (Lipinski definition) is 3. The second kappa shape index (κ2) is 6.44. The molecule has 1 aromatic rings. The van der Waals surface area contributed by atoms with Crippen molar-refractivity contribution in [3.05, 3.63) is 23.8 Å². The molecule has 2 atom stereocenters. The van der Waals surface area contributed by atoms with Crippen molar-refractivity contribution in [3.8, 4) is 0 Å². The van der Waals surface area contributed by atoms with Gasteiger partial charge in [-0.05, 0) is 57.2 Å². The first-order valence-electron chi connectivity index (χ1n) is 6.79. The monoisotopic (exact) mass is 278 g/mol. The molecule has 104 valence electrons. The minimum absolute atomic E-state index is 0.133. The number of nitrogens with one attached hydrogen (secondary N) is 2. The third-order valence-electron chi connectivity index (χ3n) is 3.76. The summed E-state index contributed by atoms with van der Waals surface area (Å²) in [5.74, 6) is 0.295. The van der Waals surface area contributed by atoms with E-state index >= 15 is 0 Å². The molecule has 0 unspecified atom stereocenters. The van der Waals surface area contributed by atoms with Crippen molar-refractivity contribution in [2.24, 2.45) is 5.92 Å². The first kappa shape index (κ1) is 14.4. The van der Waals surface area contributed by atoms with E-state index in [-0.39, 0.29) is 11.8 Å². The van der Waals surface area contributed by atoms with Crippen LogP contribution in [0.3, 0.4) is 0 Å².